The Morgan fingerprint density at radius 2 is 2.27 bits per heavy atom. The van der Waals surface area contributed by atoms with Gasteiger partial charge in [0.1, 0.15) is 11.9 Å². The Morgan fingerprint density at radius 1 is 1.38 bits per heavy atom. The fourth-order valence-corrected chi connectivity index (χ4v) is 2.89. The molecule has 138 valence electrons. The maximum absolute atomic E-state index is 11.1. The quantitative estimate of drug-likeness (QED) is 0.795. The number of nitrogens with zero attached hydrogens (tertiary/aromatic N) is 4. The standard InChI is InChI=1S/C18H23N5O3/c1-13(24)21-9-14-3-6-19-10-17(14)26-16-5-8-23(12-16)11-15-4-7-20-18(22-15)25-2/h3-4,6-7,10,16H,5,8-9,11-12H2,1-2H3,(H,21,24)/t16-/m0/s1. The minimum atomic E-state index is -0.0694. The number of hydrogen-bond acceptors (Lipinski definition) is 7. The van der Waals surface area contributed by atoms with Gasteiger partial charge >= 0.3 is 6.01 Å². The minimum Gasteiger partial charge on any atom is -0.487 e. The van der Waals surface area contributed by atoms with E-state index in [-0.39, 0.29) is 12.0 Å². The molecule has 0 aliphatic carbocycles. The van der Waals surface area contributed by atoms with Crippen LogP contribution < -0.4 is 14.8 Å². The van der Waals surface area contributed by atoms with Crippen LogP contribution in [0, 0.1) is 0 Å². The highest BCUT2D eigenvalue weighted by Crippen LogP contribution is 2.22. The molecule has 0 bridgehead atoms. The first-order chi connectivity index (χ1) is 12.6. The molecule has 0 aromatic carbocycles. The number of methoxy groups -OCH3 is 1. The lowest BCUT2D eigenvalue weighted by Crippen LogP contribution is -2.26. The smallest absolute Gasteiger partial charge is 0.316 e. The van der Waals surface area contributed by atoms with Gasteiger partial charge in [0.2, 0.25) is 5.91 Å². The van der Waals surface area contributed by atoms with E-state index in [2.05, 4.69) is 25.2 Å². The maximum Gasteiger partial charge on any atom is 0.316 e. The van der Waals surface area contributed by atoms with Crippen LogP contribution >= 0.6 is 0 Å². The van der Waals surface area contributed by atoms with E-state index < -0.39 is 0 Å². The predicted octanol–water partition coefficient (Wildman–Crippen LogP) is 1.17. The highest BCUT2D eigenvalue weighted by molar-refractivity contribution is 5.72. The third-order valence-corrected chi connectivity index (χ3v) is 4.18. The monoisotopic (exact) mass is 357 g/mol. The molecule has 0 radical (unpaired) electrons. The summed E-state index contributed by atoms with van der Waals surface area (Å²) >= 11 is 0. The lowest BCUT2D eigenvalue weighted by atomic mass is 10.2. The van der Waals surface area contributed by atoms with Crippen LogP contribution in [0.5, 0.6) is 11.8 Å². The van der Waals surface area contributed by atoms with Gasteiger partial charge in [-0.1, -0.05) is 0 Å². The van der Waals surface area contributed by atoms with Crippen LogP contribution in [0.3, 0.4) is 0 Å². The summed E-state index contributed by atoms with van der Waals surface area (Å²) in [5.74, 6) is 0.650. The number of amides is 1. The van der Waals surface area contributed by atoms with Gasteiger partial charge in [-0.05, 0) is 18.6 Å². The van der Waals surface area contributed by atoms with E-state index in [4.69, 9.17) is 9.47 Å². The SMILES string of the molecule is COc1nccc(CN2CC[C@H](Oc3cnccc3CNC(C)=O)C2)n1. The summed E-state index contributed by atoms with van der Waals surface area (Å²) in [6.07, 6.45) is 6.12. The van der Waals surface area contributed by atoms with Gasteiger partial charge in [-0.3, -0.25) is 14.7 Å². The Morgan fingerprint density at radius 3 is 3.08 bits per heavy atom. The molecule has 1 fully saturated rings. The fourth-order valence-electron chi connectivity index (χ4n) is 2.89. The van der Waals surface area contributed by atoms with E-state index in [1.807, 2.05) is 12.1 Å². The van der Waals surface area contributed by atoms with E-state index in [9.17, 15) is 4.79 Å². The first-order valence-electron chi connectivity index (χ1n) is 8.56. The van der Waals surface area contributed by atoms with Crippen molar-refractivity contribution >= 4 is 5.91 Å². The van der Waals surface area contributed by atoms with Gasteiger partial charge in [-0.2, -0.15) is 4.98 Å². The van der Waals surface area contributed by atoms with Crippen molar-refractivity contribution in [1.82, 2.24) is 25.2 Å². The number of hydrogen-bond donors (Lipinski definition) is 1. The van der Waals surface area contributed by atoms with Crippen LogP contribution in [0.25, 0.3) is 0 Å². The summed E-state index contributed by atoms with van der Waals surface area (Å²) in [5.41, 5.74) is 1.85. The van der Waals surface area contributed by atoms with E-state index in [0.717, 1.165) is 43.1 Å². The molecule has 1 atom stereocenters. The molecule has 1 aliphatic heterocycles. The molecule has 8 heteroatoms. The van der Waals surface area contributed by atoms with Crippen molar-refractivity contribution < 1.29 is 14.3 Å². The second kappa shape index (κ2) is 8.57. The van der Waals surface area contributed by atoms with Gasteiger partial charge in [0.15, 0.2) is 0 Å². The zero-order valence-electron chi connectivity index (χ0n) is 15.0. The number of nitrogens with one attached hydrogen (secondary N) is 1. The van der Waals surface area contributed by atoms with Gasteiger partial charge < -0.3 is 14.8 Å². The van der Waals surface area contributed by atoms with Gasteiger partial charge in [0, 0.05) is 51.1 Å². The third kappa shape index (κ3) is 4.89. The number of carbonyl (C=O) groups is 1. The molecule has 1 amide bonds. The van der Waals surface area contributed by atoms with Gasteiger partial charge in [-0.15, -0.1) is 0 Å². The Labute approximate surface area is 152 Å². The molecule has 1 aliphatic rings. The Hall–Kier alpha value is -2.74. The molecule has 8 nitrogen and oxygen atoms in total. The summed E-state index contributed by atoms with van der Waals surface area (Å²) in [7, 11) is 1.56. The summed E-state index contributed by atoms with van der Waals surface area (Å²) < 4.78 is 11.2. The average Bonchev–Trinajstić information content (AvgIpc) is 3.08. The van der Waals surface area contributed by atoms with Gasteiger partial charge in [0.25, 0.3) is 0 Å². The lowest BCUT2D eigenvalue weighted by molar-refractivity contribution is -0.119. The Kier molecular flexibility index (Phi) is 5.96. The number of ether oxygens (including phenoxy) is 2. The van der Waals surface area contributed by atoms with E-state index in [1.165, 1.54) is 6.92 Å². The molecular weight excluding hydrogens is 334 g/mol. The minimum absolute atomic E-state index is 0.0694. The molecule has 0 unspecified atom stereocenters. The lowest BCUT2D eigenvalue weighted by Gasteiger charge is -2.18. The average molecular weight is 357 g/mol. The number of rotatable bonds is 7. The van der Waals surface area contributed by atoms with Crippen LogP contribution in [0.15, 0.2) is 30.7 Å². The highest BCUT2D eigenvalue weighted by Gasteiger charge is 2.25. The van der Waals surface area contributed by atoms with E-state index in [0.29, 0.717) is 12.6 Å². The van der Waals surface area contributed by atoms with E-state index in [1.54, 1.807) is 25.7 Å². The zero-order chi connectivity index (χ0) is 18.4. The maximum atomic E-state index is 11.1. The number of carbonyl (C=O) groups excluding carboxylic acids is 1. The topological polar surface area (TPSA) is 89.5 Å². The molecule has 1 saturated heterocycles. The molecule has 3 rings (SSSR count). The van der Waals surface area contributed by atoms with Crippen molar-refractivity contribution in [2.75, 3.05) is 20.2 Å². The van der Waals surface area contributed by atoms with Crippen LogP contribution in [0.4, 0.5) is 0 Å². The number of likely N-dealkylation sites (tertiary alicyclic amines) is 1. The van der Waals surface area contributed by atoms with Crippen LogP contribution in [-0.4, -0.2) is 52.1 Å². The summed E-state index contributed by atoms with van der Waals surface area (Å²) in [6, 6.07) is 4.14. The largest absolute Gasteiger partial charge is 0.487 e. The van der Waals surface area contributed by atoms with Crippen molar-refractivity contribution in [3.63, 3.8) is 0 Å². The first-order valence-corrected chi connectivity index (χ1v) is 8.56. The number of aromatic nitrogens is 3. The Balaban J connectivity index is 1.57. The summed E-state index contributed by atoms with van der Waals surface area (Å²) in [5, 5.41) is 2.80. The molecule has 1 N–H and O–H groups in total. The van der Waals surface area contributed by atoms with Crippen molar-refractivity contribution in [1.29, 1.82) is 0 Å². The zero-order valence-corrected chi connectivity index (χ0v) is 15.0. The van der Waals surface area contributed by atoms with Crippen LogP contribution in [-0.2, 0) is 17.9 Å². The molecule has 26 heavy (non-hydrogen) atoms. The van der Waals surface area contributed by atoms with Crippen molar-refractivity contribution in [2.45, 2.75) is 32.5 Å². The summed E-state index contributed by atoms with van der Waals surface area (Å²) in [4.78, 5) is 25.9. The molecule has 3 heterocycles. The van der Waals surface area contributed by atoms with Crippen LogP contribution in [0.2, 0.25) is 0 Å². The van der Waals surface area contributed by atoms with Crippen molar-refractivity contribution in [3.05, 3.63) is 42.0 Å². The number of pyridine rings is 1. The molecule has 2 aromatic rings. The third-order valence-electron chi connectivity index (χ3n) is 4.18. The fraction of sp³-hybridized carbons (Fsp3) is 0.444. The first kappa shape index (κ1) is 18.1. The Bertz CT molecular complexity index is 755. The normalized spacial score (nSPS) is 17.1. The molecule has 0 saturated carbocycles. The molecule has 2 aromatic heterocycles. The highest BCUT2D eigenvalue weighted by atomic mass is 16.5. The summed E-state index contributed by atoms with van der Waals surface area (Å²) in [6.45, 7) is 4.40. The second-order valence-electron chi connectivity index (χ2n) is 6.19. The van der Waals surface area contributed by atoms with Crippen LogP contribution in [0.1, 0.15) is 24.6 Å². The molecule has 0 spiro atoms. The van der Waals surface area contributed by atoms with Gasteiger partial charge in [0.05, 0.1) is 19.0 Å². The predicted molar refractivity (Wildman–Crippen MR) is 94.7 cm³/mol. The van der Waals surface area contributed by atoms with Crippen molar-refractivity contribution in [2.24, 2.45) is 0 Å². The van der Waals surface area contributed by atoms with Crippen molar-refractivity contribution in [3.8, 4) is 11.8 Å². The van der Waals surface area contributed by atoms with Gasteiger partial charge in [-0.25, -0.2) is 4.98 Å². The molecular formula is C18H23N5O3. The van der Waals surface area contributed by atoms with E-state index >= 15 is 0 Å². The second-order valence-corrected chi connectivity index (χ2v) is 6.19.